The number of amidine groups is 1. The van der Waals surface area contributed by atoms with Crippen molar-refractivity contribution in [2.75, 3.05) is 13.1 Å². The number of H-pyrrole nitrogens is 1. The number of hydrogen-bond donors (Lipinski definition) is 2. The van der Waals surface area contributed by atoms with E-state index in [2.05, 4.69) is 86.2 Å². The highest BCUT2D eigenvalue weighted by molar-refractivity contribution is 8.00. The number of rotatable bonds is 14. The van der Waals surface area contributed by atoms with Gasteiger partial charge in [0.25, 0.3) is 0 Å². The maximum Gasteiger partial charge on any atom is 0.167 e. The molecule has 0 fully saturated rings. The minimum Gasteiger partial charge on any atom is -0.359 e. The average molecular weight is 603 g/mol. The number of nitrogens with one attached hydrogen (secondary N) is 2. The van der Waals surface area contributed by atoms with Gasteiger partial charge in [0.15, 0.2) is 5.82 Å². The van der Waals surface area contributed by atoms with Crippen LogP contribution in [0.1, 0.15) is 53.4 Å². The lowest BCUT2D eigenvalue weighted by Gasteiger charge is -2.22. The van der Waals surface area contributed by atoms with Crippen molar-refractivity contribution in [3.05, 3.63) is 78.9 Å². The quantitative estimate of drug-likeness (QED) is 0.0853. The molecule has 0 aliphatic heterocycles. The number of aliphatic imine (C=N–C) groups is 1. The van der Waals surface area contributed by atoms with Gasteiger partial charge in [0.05, 0.1) is 15.9 Å². The van der Waals surface area contributed by atoms with Gasteiger partial charge in [-0.05, 0) is 70.4 Å². The minimum atomic E-state index is 0.707. The van der Waals surface area contributed by atoms with Gasteiger partial charge >= 0.3 is 0 Å². The summed E-state index contributed by atoms with van der Waals surface area (Å²) in [6.07, 6.45) is 12.2. The van der Waals surface area contributed by atoms with Gasteiger partial charge in [0.2, 0.25) is 0 Å². The second-order valence-electron chi connectivity index (χ2n) is 9.72. The Kier molecular flexibility index (Phi) is 12.1. The number of pyridine rings is 2. The topological polar surface area (TPSA) is 69.2 Å². The van der Waals surface area contributed by atoms with Gasteiger partial charge in [-0.15, -0.1) is 8.86 Å². The molecule has 0 saturated carbocycles. The molecule has 214 valence electrons. The molecule has 0 aliphatic carbocycles. The zero-order chi connectivity index (χ0) is 29.0. The normalized spacial score (nSPS) is 12.3. The van der Waals surface area contributed by atoms with Gasteiger partial charge in [-0.25, -0.2) is 9.98 Å². The zero-order valence-corrected chi connectivity index (χ0v) is 26.9. The van der Waals surface area contributed by atoms with Crippen LogP contribution in [0.3, 0.4) is 0 Å². The molecule has 0 unspecified atom stereocenters. The molecule has 41 heavy (non-hydrogen) atoms. The number of allylic oxidation sites excluding steroid dienone is 2. The van der Waals surface area contributed by atoms with Crippen molar-refractivity contribution in [1.29, 1.82) is 0 Å². The first-order valence-electron chi connectivity index (χ1n) is 14.1. The lowest BCUT2D eigenvalue weighted by molar-refractivity contribution is 0.403. The summed E-state index contributed by atoms with van der Waals surface area (Å²) in [7, 11) is 3.73. The highest BCUT2D eigenvalue weighted by atomic mass is 32.2. The molecule has 0 amide bonds. The Hall–Kier alpha value is -2.90. The Morgan fingerprint density at radius 3 is 2.56 bits per heavy atom. The lowest BCUT2D eigenvalue weighted by Crippen LogP contribution is -2.30. The van der Waals surface area contributed by atoms with E-state index in [0.29, 0.717) is 5.82 Å². The van der Waals surface area contributed by atoms with Crippen molar-refractivity contribution in [1.82, 2.24) is 25.2 Å². The van der Waals surface area contributed by atoms with Crippen LogP contribution in [0.25, 0.3) is 11.0 Å². The van der Waals surface area contributed by atoms with Crippen LogP contribution in [-0.4, -0.2) is 44.2 Å². The third kappa shape index (κ3) is 9.30. The third-order valence-corrected chi connectivity index (χ3v) is 8.87. The SMILES string of the molecule is C/C=C(/CCCN(CCCC)C(C)=P)N/C(C)=N/c1ncc(Sc2ccnc3cc[nH]c23)cc1Sc1ccccc1. The van der Waals surface area contributed by atoms with Gasteiger partial charge in [-0.3, -0.25) is 9.88 Å². The zero-order valence-electron chi connectivity index (χ0n) is 24.3. The molecule has 4 aromatic rings. The number of nitrogens with zero attached hydrogens (tertiary/aromatic N) is 4. The Balaban J connectivity index is 1.50. The van der Waals surface area contributed by atoms with E-state index in [-0.39, 0.29) is 0 Å². The summed E-state index contributed by atoms with van der Waals surface area (Å²) < 4.78 is 0. The summed E-state index contributed by atoms with van der Waals surface area (Å²) in [5.41, 5.74) is 4.36. The average Bonchev–Trinajstić information content (AvgIpc) is 3.46. The molecule has 0 saturated heterocycles. The first kappa shape index (κ1) is 31.0. The summed E-state index contributed by atoms with van der Waals surface area (Å²) in [4.78, 5) is 24.2. The van der Waals surface area contributed by atoms with Crippen molar-refractivity contribution >= 4 is 60.5 Å². The van der Waals surface area contributed by atoms with E-state index in [9.17, 15) is 0 Å². The van der Waals surface area contributed by atoms with Crippen LogP contribution in [-0.2, 0) is 0 Å². The molecule has 0 spiro atoms. The van der Waals surface area contributed by atoms with E-state index >= 15 is 0 Å². The maximum atomic E-state index is 4.93. The molecule has 0 bridgehead atoms. The van der Waals surface area contributed by atoms with Crippen LogP contribution >= 0.6 is 32.4 Å². The van der Waals surface area contributed by atoms with Crippen LogP contribution in [0.5, 0.6) is 0 Å². The van der Waals surface area contributed by atoms with Crippen molar-refractivity contribution in [3.63, 3.8) is 0 Å². The van der Waals surface area contributed by atoms with E-state index in [1.165, 1.54) is 24.0 Å². The van der Waals surface area contributed by atoms with E-state index < -0.39 is 0 Å². The summed E-state index contributed by atoms with van der Waals surface area (Å²) in [5.74, 6) is 1.53. The fourth-order valence-corrected chi connectivity index (χ4v) is 6.50. The number of aromatic amines is 1. The standard InChI is InChI=1S/C32H39N6PS2/c1-5-7-19-38(24(4)39)20-11-12-25(6-2)36-23(3)37-32-30(40-26-13-9-8-10-14-26)21-27(22-35-32)41-29-16-18-33-28-15-17-34-31(28)29/h6,8-10,13-18,21-22,34,39H,5,7,11-12,19-20H2,1-4H3,(H,35,36,37)/b25-6-. The van der Waals surface area contributed by atoms with Crippen molar-refractivity contribution in [3.8, 4) is 0 Å². The summed E-state index contributed by atoms with van der Waals surface area (Å²) in [6.45, 7) is 10.6. The third-order valence-electron chi connectivity index (χ3n) is 6.51. The molecule has 1 aromatic carbocycles. The van der Waals surface area contributed by atoms with E-state index in [1.54, 1.807) is 23.5 Å². The molecule has 2 N–H and O–H groups in total. The Morgan fingerprint density at radius 1 is 1.02 bits per heavy atom. The fourth-order valence-electron chi connectivity index (χ4n) is 4.35. The molecular weight excluding hydrogens is 564 g/mol. The highest BCUT2D eigenvalue weighted by Gasteiger charge is 2.12. The van der Waals surface area contributed by atoms with Crippen LogP contribution in [0.15, 0.2) is 103 Å². The van der Waals surface area contributed by atoms with Gasteiger partial charge in [-0.2, -0.15) is 0 Å². The monoisotopic (exact) mass is 602 g/mol. The number of benzene rings is 1. The van der Waals surface area contributed by atoms with Crippen molar-refractivity contribution < 1.29 is 0 Å². The molecular formula is C32H39N6PS2. The van der Waals surface area contributed by atoms with Gasteiger partial charge < -0.3 is 10.3 Å². The molecule has 0 atom stereocenters. The molecule has 6 nitrogen and oxygen atoms in total. The second-order valence-corrected chi connectivity index (χ2v) is 12.7. The van der Waals surface area contributed by atoms with E-state index in [4.69, 9.17) is 9.98 Å². The molecule has 4 rings (SSSR count). The molecule has 3 heterocycles. The van der Waals surface area contributed by atoms with Crippen LogP contribution < -0.4 is 5.32 Å². The fraction of sp³-hybridized carbons (Fsp3) is 0.312. The highest BCUT2D eigenvalue weighted by Crippen LogP contribution is 2.39. The Bertz CT molecular complexity index is 1500. The molecule has 9 heteroatoms. The van der Waals surface area contributed by atoms with Crippen molar-refractivity contribution in [2.24, 2.45) is 4.99 Å². The Labute approximate surface area is 254 Å². The lowest BCUT2D eigenvalue weighted by atomic mass is 10.2. The van der Waals surface area contributed by atoms with Crippen molar-refractivity contribution in [2.45, 2.75) is 73.0 Å². The summed E-state index contributed by atoms with van der Waals surface area (Å²) in [6, 6.07) is 16.6. The predicted molar refractivity (Wildman–Crippen MR) is 179 cm³/mol. The molecule has 0 aliphatic rings. The number of hydrogen-bond acceptors (Lipinski definition) is 5. The molecule has 3 aromatic heterocycles. The minimum absolute atomic E-state index is 0.707. The second kappa shape index (κ2) is 15.9. The summed E-state index contributed by atoms with van der Waals surface area (Å²) in [5, 5.41) is 3.53. The van der Waals surface area contributed by atoms with E-state index in [1.807, 2.05) is 43.7 Å². The van der Waals surface area contributed by atoms with Crippen LogP contribution in [0.4, 0.5) is 5.82 Å². The first-order valence-corrected chi connectivity index (χ1v) is 16.2. The largest absolute Gasteiger partial charge is 0.359 e. The van der Waals surface area contributed by atoms with Crippen LogP contribution in [0.2, 0.25) is 0 Å². The smallest absolute Gasteiger partial charge is 0.167 e. The van der Waals surface area contributed by atoms with E-state index in [0.717, 1.165) is 62.4 Å². The van der Waals surface area contributed by atoms with Gasteiger partial charge in [0, 0.05) is 57.5 Å². The number of fused-ring (bicyclic) bond motifs is 1. The number of aromatic nitrogens is 3. The Morgan fingerprint density at radius 2 is 1.80 bits per heavy atom. The van der Waals surface area contributed by atoms with Gasteiger partial charge in [0.1, 0.15) is 5.84 Å². The maximum absolute atomic E-state index is 4.93. The summed E-state index contributed by atoms with van der Waals surface area (Å²) >= 11 is 3.36. The first-order chi connectivity index (χ1) is 20.0. The number of unbranched alkanes of at least 4 members (excludes halogenated alkanes) is 1. The van der Waals surface area contributed by atoms with Gasteiger partial charge in [-0.1, -0.05) is 61.1 Å². The predicted octanol–water partition coefficient (Wildman–Crippen LogP) is 8.98. The van der Waals surface area contributed by atoms with Crippen LogP contribution in [0, 0.1) is 0 Å². The molecule has 0 radical (unpaired) electrons.